The number of nitrogens with zero attached hydrogens (tertiary/aromatic N) is 3. The van der Waals surface area contributed by atoms with Gasteiger partial charge in [0, 0.05) is 23.7 Å². The minimum absolute atomic E-state index is 0.0275. The van der Waals surface area contributed by atoms with Crippen molar-refractivity contribution in [2.75, 3.05) is 7.11 Å². The number of ether oxygens (including phenoxy) is 1. The van der Waals surface area contributed by atoms with Crippen LogP contribution in [0, 0.1) is 14.9 Å². The van der Waals surface area contributed by atoms with Crippen LogP contribution in [-0.4, -0.2) is 32.5 Å². The number of methoxy groups -OCH3 is 1. The van der Waals surface area contributed by atoms with Gasteiger partial charge in [0.15, 0.2) is 4.77 Å². The maximum Gasteiger partial charge on any atom is 0.338 e. The van der Waals surface area contributed by atoms with E-state index in [0.29, 0.717) is 11.3 Å². The molecule has 0 amide bonds. The smallest absolute Gasteiger partial charge is 0.338 e. The molecule has 28 heavy (non-hydrogen) atoms. The van der Waals surface area contributed by atoms with Crippen LogP contribution < -0.4 is 5.56 Å². The molecule has 0 radical (unpaired) electrons. The van der Waals surface area contributed by atoms with Gasteiger partial charge in [0.1, 0.15) is 5.65 Å². The molecule has 1 aliphatic rings. The van der Waals surface area contributed by atoms with E-state index in [2.05, 4.69) is 9.97 Å². The zero-order valence-electron chi connectivity index (χ0n) is 14.7. The van der Waals surface area contributed by atoms with Crippen molar-refractivity contribution in [1.29, 1.82) is 0 Å². The predicted molar refractivity (Wildman–Crippen MR) is 103 cm³/mol. The number of hydrogen-bond acceptors (Lipinski definition) is 7. The molecule has 4 rings (SSSR count). The lowest BCUT2D eigenvalue weighted by Gasteiger charge is -2.13. The summed E-state index contributed by atoms with van der Waals surface area (Å²) in [6, 6.07) is 7.39. The summed E-state index contributed by atoms with van der Waals surface area (Å²) in [6.45, 7) is 0. The Morgan fingerprint density at radius 3 is 2.79 bits per heavy atom. The van der Waals surface area contributed by atoms with Gasteiger partial charge >= 0.3 is 5.97 Å². The van der Waals surface area contributed by atoms with Crippen LogP contribution in [0.3, 0.4) is 0 Å². The molecule has 1 N–H and O–H groups in total. The average molecular weight is 398 g/mol. The molecule has 9 nitrogen and oxygen atoms in total. The molecule has 0 saturated heterocycles. The topological polar surface area (TPSA) is 120 Å². The third kappa shape index (κ3) is 2.97. The number of nitro benzene ring substituents is 1. The lowest BCUT2D eigenvalue weighted by molar-refractivity contribution is -0.384. The second-order valence-electron chi connectivity index (χ2n) is 6.41. The van der Waals surface area contributed by atoms with Gasteiger partial charge in [0.25, 0.3) is 11.2 Å². The fourth-order valence-corrected chi connectivity index (χ4v) is 3.44. The number of nitrogens with one attached hydrogen (secondary N) is 1. The Morgan fingerprint density at radius 2 is 2.14 bits per heavy atom. The third-order valence-electron chi connectivity index (χ3n) is 4.56. The Morgan fingerprint density at radius 1 is 1.39 bits per heavy atom. The zero-order valence-corrected chi connectivity index (χ0v) is 15.5. The maximum atomic E-state index is 12.6. The van der Waals surface area contributed by atoms with Gasteiger partial charge in [0.05, 0.1) is 28.7 Å². The van der Waals surface area contributed by atoms with E-state index in [1.807, 2.05) is 0 Å². The maximum absolute atomic E-state index is 12.6. The molecule has 10 heteroatoms. The highest BCUT2D eigenvalue weighted by Crippen LogP contribution is 2.37. The Hall–Kier alpha value is -3.40. The minimum atomic E-state index is -0.705. The Labute approximate surface area is 162 Å². The van der Waals surface area contributed by atoms with Crippen LogP contribution in [0.2, 0.25) is 0 Å². The number of aromatic amines is 1. The molecule has 1 aromatic carbocycles. The number of non-ortho nitro benzene ring substituents is 1. The fourth-order valence-electron chi connectivity index (χ4n) is 3.11. The van der Waals surface area contributed by atoms with Crippen LogP contribution in [0.4, 0.5) is 5.69 Å². The zero-order chi connectivity index (χ0) is 20.0. The summed E-state index contributed by atoms with van der Waals surface area (Å²) in [5.74, 6) is -0.705. The molecule has 3 aromatic rings. The van der Waals surface area contributed by atoms with Crippen LogP contribution in [0.15, 0.2) is 35.1 Å². The number of nitro groups is 1. The van der Waals surface area contributed by atoms with Crippen molar-refractivity contribution < 1.29 is 14.5 Å². The van der Waals surface area contributed by atoms with Crippen molar-refractivity contribution >= 4 is 34.9 Å². The van der Waals surface area contributed by atoms with E-state index < -0.39 is 16.5 Å². The van der Waals surface area contributed by atoms with Gasteiger partial charge in [-0.25, -0.2) is 9.78 Å². The molecule has 0 unspecified atom stereocenters. The number of H-pyrrole nitrogens is 1. The molecule has 0 aliphatic heterocycles. The van der Waals surface area contributed by atoms with Crippen molar-refractivity contribution in [2.24, 2.45) is 0 Å². The molecule has 0 bridgehead atoms. The number of rotatable bonds is 4. The van der Waals surface area contributed by atoms with Crippen molar-refractivity contribution in [3.63, 3.8) is 0 Å². The number of carbonyl (C=O) groups is 1. The number of aromatic nitrogens is 3. The standard InChI is InChI=1S/C18H14N4O5S/c1-27-17(24)12-8-13(9-3-2-4-11(7-9)22(25)26)19-15-14(12)16(23)20-18(28)21(15)10-5-6-10/h2-4,7-8,10H,5-6H2,1H3,(H,20,23,28). The molecular weight excluding hydrogens is 384 g/mol. The minimum Gasteiger partial charge on any atom is -0.465 e. The van der Waals surface area contributed by atoms with E-state index >= 15 is 0 Å². The number of esters is 1. The van der Waals surface area contributed by atoms with Gasteiger partial charge < -0.3 is 4.74 Å². The van der Waals surface area contributed by atoms with Crippen molar-refractivity contribution in [3.8, 4) is 11.3 Å². The summed E-state index contributed by atoms with van der Waals surface area (Å²) in [7, 11) is 1.21. The van der Waals surface area contributed by atoms with E-state index in [1.165, 1.54) is 31.4 Å². The molecule has 1 saturated carbocycles. The molecule has 2 aromatic heterocycles. The third-order valence-corrected chi connectivity index (χ3v) is 4.86. The Balaban J connectivity index is 2.09. The quantitative estimate of drug-likeness (QED) is 0.310. The van der Waals surface area contributed by atoms with Crippen LogP contribution in [0.5, 0.6) is 0 Å². The van der Waals surface area contributed by atoms with Crippen LogP contribution >= 0.6 is 12.2 Å². The van der Waals surface area contributed by atoms with Gasteiger partial charge in [-0.3, -0.25) is 24.5 Å². The normalized spacial score (nSPS) is 13.5. The van der Waals surface area contributed by atoms with Gasteiger partial charge in [0.2, 0.25) is 0 Å². The molecule has 1 aliphatic carbocycles. The molecule has 2 heterocycles. The van der Waals surface area contributed by atoms with Crippen molar-refractivity contribution in [2.45, 2.75) is 18.9 Å². The summed E-state index contributed by atoms with van der Waals surface area (Å²) in [4.78, 5) is 42.7. The first kappa shape index (κ1) is 18.0. The summed E-state index contributed by atoms with van der Waals surface area (Å²) in [5.41, 5.74) is 0.403. The van der Waals surface area contributed by atoms with Gasteiger partial charge in [-0.15, -0.1) is 0 Å². The fraction of sp³-hybridized carbons (Fsp3) is 0.222. The first-order chi connectivity index (χ1) is 13.4. The average Bonchev–Trinajstić information content (AvgIpc) is 3.51. The number of fused-ring (bicyclic) bond motifs is 1. The highest BCUT2D eigenvalue weighted by atomic mass is 32.1. The molecular formula is C18H14N4O5S. The lowest BCUT2D eigenvalue weighted by atomic mass is 10.1. The van der Waals surface area contributed by atoms with Crippen LogP contribution in [-0.2, 0) is 4.74 Å². The summed E-state index contributed by atoms with van der Waals surface area (Å²) >= 11 is 5.30. The van der Waals surface area contributed by atoms with E-state index in [-0.39, 0.29) is 33.1 Å². The second kappa shape index (κ2) is 6.64. The lowest BCUT2D eigenvalue weighted by Crippen LogP contribution is -2.19. The van der Waals surface area contributed by atoms with E-state index in [4.69, 9.17) is 17.0 Å². The van der Waals surface area contributed by atoms with Crippen molar-refractivity contribution in [1.82, 2.24) is 14.5 Å². The Kier molecular flexibility index (Phi) is 4.27. The van der Waals surface area contributed by atoms with Crippen LogP contribution in [0.25, 0.3) is 22.3 Å². The monoisotopic (exact) mass is 398 g/mol. The summed E-state index contributed by atoms with van der Waals surface area (Å²) < 4.78 is 6.78. The largest absolute Gasteiger partial charge is 0.465 e. The number of hydrogen-bond donors (Lipinski definition) is 1. The van der Waals surface area contributed by atoms with E-state index in [1.54, 1.807) is 10.6 Å². The number of pyridine rings is 1. The summed E-state index contributed by atoms with van der Waals surface area (Å²) in [5, 5.41) is 11.2. The molecule has 0 atom stereocenters. The van der Waals surface area contributed by atoms with Gasteiger partial charge in [-0.2, -0.15) is 0 Å². The second-order valence-corrected chi connectivity index (χ2v) is 6.80. The summed E-state index contributed by atoms with van der Waals surface area (Å²) in [6.07, 6.45) is 1.76. The van der Waals surface area contributed by atoms with E-state index in [0.717, 1.165) is 12.8 Å². The molecule has 0 spiro atoms. The van der Waals surface area contributed by atoms with Gasteiger partial charge in [-0.1, -0.05) is 12.1 Å². The highest BCUT2D eigenvalue weighted by Gasteiger charge is 2.28. The molecule has 1 fully saturated rings. The number of carbonyl (C=O) groups excluding carboxylic acids is 1. The Bertz CT molecular complexity index is 1260. The molecule has 142 valence electrons. The number of benzene rings is 1. The SMILES string of the molecule is COC(=O)c1cc(-c2cccc([N+](=O)[O-])c2)nc2c1c(=O)[nH]c(=S)n2C1CC1. The van der Waals surface area contributed by atoms with Gasteiger partial charge in [-0.05, 0) is 31.1 Å². The van der Waals surface area contributed by atoms with Crippen molar-refractivity contribution in [3.05, 3.63) is 61.1 Å². The highest BCUT2D eigenvalue weighted by molar-refractivity contribution is 7.71. The van der Waals surface area contributed by atoms with Crippen LogP contribution in [0.1, 0.15) is 29.2 Å². The first-order valence-corrected chi connectivity index (χ1v) is 8.84. The van der Waals surface area contributed by atoms with E-state index in [9.17, 15) is 19.7 Å². The predicted octanol–water partition coefficient (Wildman–Crippen LogP) is 3.15. The first-order valence-electron chi connectivity index (χ1n) is 8.43.